The van der Waals surface area contributed by atoms with Gasteiger partial charge in [0.2, 0.25) is 0 Å². The van der Waals surface area contributed by atoms with Gasteiger partial charge in [-0.25, -0.2) is 4.39 Å². The molecule has 0 bridgehead atoms. The van der Waals surface area contributed by atoms with Gasteiger partial charge in [0.15, 0.2) is 0 Å². The standard InChI is InChI=1S/C16H25BrFNO/c1-6-20-15(16(2,3)4)14(19-5)9-11-7-8-12(17)10-13(11)18/h7-8,10,14-15,19H,6,9H2,1-5H3. The van der Waals surface area contributed by atoms with Gasteiger partial charge in [0, 0.05) is 17.1 Å². The van der Waals surface area contributed by atoms with E-state index in [0.717, 1.165) is 4.47 Å². The van der Waals surface area contributed by atoms with Crippen molar-refractivity contribution in [1.29, 1.82) is 0 Å². The highest BCUT2D eigenvalue weighted by Crippen LogP contribution is 2.27. The molecule has 1 N–H and O–H groups in total. The Kier molecular flexibility index (Phi) is 6.62. The Morgan fingerprint density at radius 2 is 2.00 bits per heavy atom. The van der Waals surface area contributed by atoms with Gasteiger partial charge >= 0.3 is 0 Å². The summed E-state index contributed by atoms with van der Waals surface area (Å²) in [7, 11) is 1.90. The summed E-state index contributed by atoms with van der Waals surface area (Å²) < 4.78 is 20.7. The number of hydrogen-bond acceptors (Lipinski definition) is 2. The molecule has 2 atom stereocenters. The first-order chi connectivity index (χ1) is 9.29. The van der Waals surface area contributed by atoms with Crippen LogP contribution in [0.15, 0.2) is 22.7 Å². The summed E-state index contributed by atoms with van der Waals surface area (Å²) in [5, 5.41) is 3.28. The Morgan fingerprint density at radius 3 is 2.45 bits per heavy atom. The van der Waals surface area contributed by atoms with Gasteiger partial charge in [0.05, 0.1) is 6.10 Å². The second-order valence-electron chi connectivity index (χ2n) is 6.08. The van der Waals surface area contributed by atoms with Crippen molar-refractivity contribution in [3.05, 3.63) is 34.1 Å². The van der Waals surface area contributed by atoms with Gasteiger partial charge in [0.25, 0.3) is 0 Å². The van der Waals surface area contributed by atoms with Gasteiger partial charge in [-0.2, -0.15) is 0 Å². The predicted molar refractivity (Wildman–Crippen MR) is 85.5 cm³/mol. The first kappa shape index (κ1) is 17.6. The molecule has 2 unspecified atom stereocenters. The van der Waals surface area contributed by atoms with Crippen molar-refractivity contribution in [2.24, 2.45) is 5.41 Å². The minimum absolute atomic E-state index is 0.00444. The number of halogens is 2. The summed E-state index contributed by atoms with van der Waals surface area (Å²) in [6, 6.07) is 5.29. The summed E-state index contributed by atoms with van der Waals surface area (Å²) in [5.74, 6) is -0.177. The van der Waals surface area contributed by atoms with E-state index in [1.165, 1.54) is 6.07 Å². The average molecular weight is 346 g/mol. The molecule has 0 aromatic heterocycles. The summed E-state index contributed by atoms with van der Waals surface area (Å²) in [6.45, 7) is 9.09. The summed E-state index contributed by atoms with van der Waals surface area (Å²) in [4.78, 5) is 0. The third-order valence-corrected chi connectivity index (χ3v) is 3.88. The monoisotopic (exact) mass is 345 g/mol. The van der Waals surface area contributed by atoms with Crippen LogP contribution in [0.25, 0.3) is 0 Å². The maximum absolute atomic E-state index is 14.0. The maximum Gasteiger partial charge on any atom is 0.127 e. The van der Waals surface area contributed by atoms with Gasteiger partial charge in [0.1, 0.15) is 5.82 Å². The zero-order valence-corrected chi connectivity index (χ0v) is 14.6. The van der Waals surface area contributed by atoms with Crippen LogP contribution in [0.3, 0.4) is 0 Å². The van der Waals surface area contributed by atoms with E-state index in [0.29, 0.717) is 18.6 Å². The summed E-state index contributed by atoms with van der Waals surface area (Å²) in [6.07, 6.45) is 0.637. The lowest BCUT2D eigenvalue weighted by molar-refractivity contribution is -0.0341. The van der Waals surface area contributed by atoms with Crippen molar-refractivity contribution in [3.8, 4) is 0 Å². The second-order valence-corrected chi connectivity index (χ2v) is 6.99. The third-order valence-electron chi connectivity index (χ3n) is 3.39. The number of benzene rings is 1. The molecule has 1 aromatic carbocycles. The molecule has 0 spiro atoms. The SMILES string of the molecule is CCOC(C(Cc1ccc(Br)cc1F)NC)C(C)(C)C. The molecular formula is C16H25BrFNO. The lowest BCUT2D eigenvalue weighted by Crippen LogP contribution is -2.48. The highest BCUT2D eigenvalue weighted by Gasteiger charge is 2.32. The van der Waals surface area contributed by atoms with Crippen LogP contribution in [-0.4, -0.2) is 25.8 Å². The van der Waals surface area contributed by atoms with Gasteiger partial charge in [-0.3, -0.25) is 0 Å². The Labute approximate surface area is 130 Å². The Balaban J connectivity index is 2.94. The summed E-state index contributed by atoms with van der Waals surface area (Å²) >= 11 is 3.28. The molecule has 1 aromatic rings. The molecule has 0 aliphatic carbocycles. The van der Waals surface area contributed by atoms with Crippen LogP contribution in [0.2, 0.25) is 0 Å². The molecular weight excluding hydrogens is 321 g/mol. The van der Waals surface area contributed by atoms with E-state index in [1.807, 2.05) is 26.1 Å². The van der Waals surface area contributed by atoms with Crippen molar-refractivity contribution >= 4 is 15.9 Å². The lowest BCUT2D eigenvalue weighted by Gasteiger charge is -2.37. The normalized spacial score (nSPS) is 15.2. The van der Waals surface area contributed by atoms with Crippen molar-refractivity contribution in [3.63, 3.8) is 0 Å². The minimum atomic E-state index is -0.177. The van der Waals surface area contributed by atoms with E-state index in [-0.39, 0.29) is 23.4 Å². The molecule has 20 heavy (non-hydrogen) atoms. The highest BCUT2D eigenvalue weighted by atomic mass is 79.9. The van der Waals surface area contributed by atoms with Crippen LogP contribution < -0.4 is 5.32 Å². The Morgan fingerprint density at radius 1 is 1.35 bits per heavy atom. The molecule has 4 heteroatoms. The first-order valence-electron chi connectivity index (χ1n) is 7.02. The number of hydrogen-bond donors (Lipinski definition) is 1. The van der Waals surface area contributed by atoms with Crippen LogP contribution >= 0.6 is 15.9 Å². The topological polar surface area (TPSA) is 21.3 Å². The van der Waals surface area contributed by atoms with Gasteiger partial charge < -0.3 is 10.1 Å². The molecule has 0 saturated heterocycles. The van der Waals surface area contributed by atoms with Crippen LogP contribution in [-0.2, 0) is 11.2 Å². The van der Waals surface area contributed by atoms with Crippen molar-refractivity contribution in [1.82, 2.24) is 5.32 Å². The quantitative estimate of drug-likeness (QED) is 0.835. The van der Waals surface area contributed by atoms with Crippen LogP contribution in [0.1, 0.15) is 33.3 Å². The maximum atomic E-state index is 14.0. The second kappa shape index (κ2) is 7.53. The Bertz CT molecular complexity index is 431. The van der Waals surface area contributed by atoms with E-state index in [1.54, 1.807) is 0 Å². The van der Waals surface area contributed by atoms with Gasteiger partial charge in [-0.15, -0.1) is 0 Å². The van der Waals surface area contributed by atoms with Crippen molar-refractivity contribution in [2.45, 2.75) is 46.3 Å². The van der Waals surface area contributed by atoms with Crippen LogP contribution in [0.5, 0.6) is 0 Å². The van der Waals surface area contributed by atoms with Crippen molar-refractivity contribution in [2.75, 3.05) is 13.7 Å². The number of likely N-dealkylation sites (N-methyl/N-ethyl adjacent to an activating group) is 1. The van der Waals surface area contributed by atoms with Gasteiger partial charge in [-0.1, -0.05) is 42.8 Å². The molecule has 0 saturated carbocycles. The number of rotatable bonds is 6. The molecule has 0 aliphatic heterocycles. The molecule has 114 valence electrons. The lowest BCUT2D eigenvalue weighted by atomic mass is 9.82. The molecule has 0 radical (unpaired) electrons. The molecule has 2 nitrogen and oxygen atoms in total. The smallest absolute Gasteiger partial charge is 0.127 e. The van der Waals surface area contributed by atoms with E-state index in [2.05, 4.69) is 42.0 Å². The summed E-state index contributed by atoms with van der Waals surface area (Å²) in [5.41, 5.74) is 0.705. The van der Waals surface area contributed by atoms with Gasteiger partial charge in [-0.05, 0) is 43.5 Å². The molecule has 0 fully saturated rings. The van der Waals surface area contributed by atoms with E-state index < -0.39 is 0 Å². The van der Waals surface area contributed by atoms with Crippen LogP contribution in [0, 0.1) is 11.2 Å². The fraction of sp³-hybridized carbons (Fsp3) is 0.625. The number of ether oxygens (including phenoxy) is 1. The van der Waals surface area contributed by atoms with E-state index >= 15 is 0 Å². The largest absolute Gasteiger partial charge is 0.376 e. The fourth-order valence-corrected chi connectivity index (χ4v) is 2.77. The van der Waals surface area contributed by atoms with E-state index in [4.69, 9.17) is 4.74 Å². The zero-order chi connectivity index (χ0) is 15.3. The highest BCUT2D eigenvalue weighted by molar-refractivity contribution is 9.10. The number of nitrogens with one attached hydrogen (secondary N) is 1. The Hall–Kier alpha value is -0.450. The van der Waals surface area contributed by atoms with E-state index in [9.17, 15) is 4.39 Å². The predicted octanol–water partition coefficient (Wildman–Crippen LogP) is 4.17. The molecule has 0 heterocycles. The molecule has 1 rings (SSSR count). The fourth-order valence-electron chi connectivity index (χ4n) is 2.43. The molecule has 0 aliphatic rings. The first-order valence-corrected chi connectivity index (χ1v) is 7.81. The van der Waals surface area contributed by atoms with Crippen molar-refractivity contribution < 1.29 is 9.13 Å². The minimum Gasteiger partial charge on any atom is -0.376 e. The average Bonchev–Trinajstić information content (AvgIpc) is 2.34. The van der Waals surface area contributed by atoms with Crippen LogP contribution in [0.4, 0.5) is 4.39 Å². The zero-order valence-electron chi connectivity index (χ0n) is 13.0. The molecule has 0 amide bonds. The third kappa shape index (κ3) is 4.83.